The van der Waals surface area contributed by atoms with E-state index in [9.17, 15) is 5.11 Å². The molecule has 0 amide bonds. The van der Waals surface area contributed by atoms with Crippen LogP contribution < -0.4 is 0 Å². The SMILES string of the molecule is Cc1cccc(C)c1CC(O)c1ccccc1Cl. The molecule has 2 aromatic rings. The summed E-state index contributed by atoms with van der Waals surface area (Å²) in [6.07, 6.45) is 0.0425. The van der Waals surface area contributed by atoms with Crippen LogP contribution in [0.1, 0.15) is 28.4 Å². The standard InChI is InChI=1S/C16H17ClO/c1-11-6-5-7-12(2)14(11)10-16(18)13-8-3-4-9-15(13)17/h3-9,16,18H,10H2,1-2H3. The van der Waals surface area contributed by atoms with E-state index < -0.39 is 6.10 Å². The fourth-order valence-electron chi connectivity index (χ4n) is 2.22. The third-order valence-electron chi connectivity index (χ3n) is 3.31. The van der Waals surface area contributed by atoms with E-state index in [0.29, 0.717) is 11.4 Å². The van der Waals surface area contributed by atoms with E-state index in [1.807, 2.05) is 30.3 Å². The molecule has 2 rings (SSSR count). The van der Waals surface area contributed by atoms with Crippen LogP contribution in [0.5, 0.6) is 0 Å². The normalized spacial score (nSPS) is 12.4. The predicted octanol–water partition coefficient (Wildman–Crippen LogP) is 4.23. The Morgan fingerprint density at radius 2 is 1.61 bits per heavy atom. The van der Waals surface area contributed by atoms with Gasteiger partial charge in [-0.05, 0) is 42.2 Å². The van der Waals surface area contributed by atoms with Crippen LogP contribution in [-0.2, 0) is 6.42 Å². The summed E-state index contributed by atoms with van der Waals surface area (Å²) in [5.74, 6) is 0. The van der Waals surface area contributed by atoms with Crippen molar-refractivity contribution in [2.24, 2.45) is 0 Å². The van der Waals surface area contributed by atoms with E-state index in [0.717, 1.165) is 5.56 Å². The minimum Gasteiger partial charge on any atom is -0.388 e. The average Bonchev–Trinajstić information content (AvgIpc) is 2.34. The number of rotatable bonds is 3. The van der Waals surface area contributed by atoms with Gasteiger partial charge in [-0.15, -0.1) is 0 Å². The van der Waals surface area contributed by atoms with Gasteiger partial charge in [-0.3, -0.25) is 0 Å². The fourth-order valence-corrected chi connectivity index (χ4v) is 2.48. The molecule has 2 heteroatoms. The molecule has 0 saturated heterocycles. The van der Waals surface area contributed by atoms with Crippen molar-refractivity contribution >= 4 is 11.6 Å². The van der Waals surface area contributed by atoms with E-state index in [1.165, 1.54) is 16.7 Å². The minimum atomic E-state index is -0.557. The Balaban J connectivity index is 2.27. The Bertz CT molecular complexity index is 528. The second-order valence-electron chi connectivity index (χ2n) is 4.61. The first-order chi connectivity index (χ1) is 8.59. The molecule has 0 saturated carbocycles. The van der Waals surface area contributed by atoms with Gasteiger partial charge in [0, 0.05) is 11.4 Å². The lowest BCUT2D eigenvalue weighted by Crippen LogP contribution is -2.05. The van der Waals surface area contributed by atoms with Crippen LogP contribution in [0.2, 0.25) is 5.02 Å². The molecule has 0 aliphatic carbocycles. The molecule has 1 N–H and O–H groups in total. The molecule has 2 aromatic carbocycles. The van der Waals surface area contributed by atoms with E-state index in [4.69, 9.17) is 11.6 Å². The Kier molecular flexibility index (Phi) is 4.05. The van der Waals surface area contributed by atoms with Crippen molar-refractivity contribution < 1.29 is 5.11 Å². The van der Waals surface area contributed by atoms with Gasteiger partial charge in [-0.2, -0.15) is 0 Å². The van der Waals surface area contributed by atoms with Crippen LogP contribution in [0.15, 0.2) is 42.5 Å². The van der Waals surface area contributed by atoms with Crippen LogP contribution in [0.25, 0.3) is 0 Å². The van der Waals surface area contributed by atoms with E-state index in [-0.39, 0.29) is 0 Å². The van der Waals surface area contributed by atoms with E-state index in [2.05, 4.69) is 26.0 Å². The zero-order valence-corrected chi connectivity index (χ0v) is 11.4. The molecule has 1 nitrogen and oxygen atoms in total. The van der Waals surface area contributed by atoms with Crippen molar-refractivity contribution in [2.75, 3.05) is 0 Å². The summed E-state index contributed by atoms with van der Waals surface area (Å²) >= 11 is 6.10. The summed E-state index contributed by atoms with van der Waals surface area (Å²) < 4.78 is 0. The zero-order chi connectivity index (χ0) is 13.1. The summed E-state index contributed by atoms with van der Waals surface area (Å²) in [5.41, 5.74) is 4.41. The van der Waals surface area contributed by atoms with E-state index in [1.54, 1.807) is 0 Å². The Morgan fingerprint density at radius 1 is 1.00 bits per heavy atom. The highest BCUT2D eigenvalue weighted by Gasteiger charge is 2.14. The number of aliphatic hydroxyl groups is 1. The lowest BCUT2D eigenvalue weighted by molar-refractivity contribution is 0.178. The van der Waals surface area contributed by atoms with Gasteiger partial charge in [-0.25, -0.2) is 0 Å². The fraction of sp³-hybridized carbons (Fsp3) is 0.250. The maximum Gasteiger partial charge on any atom is 0.0844 e. The zero-order valence-electron chi connectivity index (χ0n) is 10.7. The number of hydrogen-bond acceptors (Lipinski definition) is 1. The monoisotopic (exact) mass is 260 g/mol. The molecule has 0 spiro atoms. The Hall–Kier alpha value is -1.31. The van der Waals surface area contributed by atoms with Crippen molar-refractivity contribution in [3.05, 3.63) is 69.7 Å². The van der Waals surface area contributed by atoms with Crippen molar-refractivity contribution in [3.63, 3.8) is 0 Å². The van der Waals surface area contributed by atoms with Gasteiger partial charge in [0.1, 0.15) is 0 Å². The highest BCUT2D eigenvalue weighted by atomic mass is 35.5. The molecule has 0 aliphatic rings. The van der Waals surface area contributed by atoms with Crippen LogP contribution in [0.3, 0.4) is 0 Å². The molecule has 0 aromatic heterocycles. The average molecular weight is 261 g/mol. The topological polar surface area (TPSA) is 20.2 Å². The molecule has 1 unspecified atom stereocenters. The summed E-state index contributed by atoms with van der Waals surface area (Å²) in [5, 5.41) is 10.9. The maximum absolute atomic E-state index is 10.3. The molecule has 18 heavy (non-hydrogen) atoms. The molecule has 0 heterocycles. The van der Waals surface area contributed by atoms with Gasteiger partial charge in [0.25, 0.3) is 0 Å². The number of hydrogen-bond donors (Lipinski definition) is 1. The lowest BCUT2D eigenvalue weighted by atomic mass is 9.94. The number of benzene rings is 2. The molecule has 0 bridgehead atoms. The smallest absolute Gasteiger partial charge is 0.0844 e. The highest BCUT2D eigenvalue weighted by Crippen LogP contribution is 2.27. The van der Waals surface area contributed by atoms with Gasteiger partial charge in [0.05, 0.1) is 6.10 Å². The summed E-state index contributed by atoms with van der Waals surface area (Å²) in [7, 11) is 0. The molecule has 0 radical (unpaired) electrons. The maximum atomic E-state index is 10.3. The third-order valence-corrected chi connectivity index (χ3v) is 3.65. The van der Waals surface area contributed by atoms with Crippen LogP contribution in [0, 0.1) is 13.8 Å². The molecule has 0 aliphatic heterocycles. The predicted molar refractivity (Wildman–Crippen MR) is 76.0 cm³/mol. The molecule has 1 atom stereocenters. The third kappa shape index (κ3) is 2.74. The Labute approximate surface area is 113 Å². The van der Waals surface area contributed by atoms with Crippen LogP contribution in [0.4, 0.5) is 0 Å². The van der Waals surface area contributed by atoms with Crippen molar-refractivity contribution in [2.45, 2.75) is 26.4 Å². The highest BCUT2D eigenvalue weighted by molar-refractivity contribution is 6.31. The Morgan fingerprint density at radius 3 is 2.22 bits per heavy atom. The summed E-state index contributed by atoms with van der Waals surface area (Å²) in [4.78, 5) is 0. The van der Waals surface area contributed by atoms with E-state index >= 15 is 0 Å². The van der Waals surface area contributed by atoms with Gasteiger partial charge < -0.3 is 5.11 Å². The molecular formula is C16H17ClO. The summed E-state index contributed by atoms with van der Waals surface area (Å²) in [6, 6.07) is 13.6. The van der Waals surface area contributed by atoms with Gasteiger partial charge in [0.15, 0.2) is 0 Å². The number of aliphatic hydroxyl groups excluding tert-OH is 1. The van der Waals surface area contributed by atoms with Crippen LogP contribution in [-0.4, -0.2) is 5.11 Å². The van der Waals surface area contributed by atoms with Crippen molar-refractivity contribution in [3.8, 4) is 0 Å². The number of halogens is 1. The lowest BCUT2D eigenvalue weighted by Gasteiger charge is -2.16. The second-order valence-corrected chi connectivity index (χ2v) is 5.02. The van der Waals surface area contributed by atoms with Gasteiger partial charge in [0.2, 0.25) is 0 Å². The van der Waals surface area contributed by atoms with Crippen molar-refractivity contribution in [1.82, 2.24) is 0 Å². The first kappa shape index (κ1) is 13.1. The molecule has 94 valence electrons. The van der Waals surface area contributed by atoms with Crippen molar-refractivity contribution in [1.29, 1.82) is 0 Å². The molecular weight excluding hydrogens is 244 g/mol. The van der Waals surface area contributed by atoms with Gasteiger partial charge in [-0.1, -0.05) is 48.0 Å². The van der Waals surface area contributed by atoms with Crippen LogP contribution >= 0.6 is 11.6 Å². The largest absolute Gasteiger partial charge is 0.388 e. The second kappa shape index (κ2) is 5.55. The quantitative estimate of drug-likeness (QED) is 0.876. The summed E-state index contributed by atoms with van der Waals surface area (Å²) in [6.45, 7) is 4.14. The first-order valence-corrected chi connectivity index (χ1v) is 6.45. The minimum absolute atomic E-state index is 0.557. The molecule has 0 fully saturated rings. The van der Waals surface area contributed by atoms with Gasteiger partial charge >= 0.3 is 0 Å². The number of aryl methyl sites for hydroxylation is 2. The first-order valence-electron chi connectivity index (χ1n) is 6.07.